The minimum atomic E-state index is -0.895. The van der Waals surface area contributed by atoms with Crippen LogP contribution in [-0.2, 0) is 9.59 Å². The summed E-state index contributed by atoms with van der Waals surface area (Å²) in [7, 11) is 0. The smallest absolute Gasteiger partial charge is 0.309 e. The molecule has 2 N–H and O–H groups in total. The largest absolute Gasteiger partial charge is 0.481 e. The van der Waals surface area contributed by atoms with Crippen LogP contribution in [0.3, 0.4) is 0 Å². The van der Waals surface area contributed by atoms with E-state index in [0.29, 0.717) is 24.7 Å². The van der Waals surface area contributed by atoms with E-state index < -0.39 is 17.4 Å². The zero-order chi connectivity index (χ0) is 19.3. The summed E-state index contributed by atoms with van der Waals surface area (Å²) in [5, 5.41) is 19.2. The number of carboxylic acid groups (broad SMARTS) is 2. The van der Waals surface area contributed by atoms with Gasteiger partial charge in [-0.1, -0.05) is 79.1 Å². The molecule has 0 aliphatic carbocycles. The van der Waals surface area contributed by atoms with Gasteiger partial charge in [-0.25, -0.2) is 0 Å². The fourth-order valence-electron chi connectivity index (χ4n) is 3.91. The zero-order valence-electron chi connectivity index (χ0n) is 16.9. The maximum atomic E-state index is 12.3. The van der Waals surface area contributed by atoms with Crippen LogP contribution in [0.1, 0.15) is 105 Å². The van der Waals surface area contributed by atoms with Crippen LogP contribution in [0.5, 0.6) is 0 Å². The molecular formula is C21H40O4. The van der Waals surface area contributed by atoms with Crippen molar-refractivity contribution < 1.29 is 19.8 Å². The van der Waals surface area contributed by atoms with E-state index in [2.05, 4.69) is 27.7 Å². The molecule has 0 radical (unpaired) electrons. The third-order valence-electron chi connectivity index (χ3n) is 5.72. The van der Waals surface area contributed by atoms with Gasteiger partial charge in [-0.15, -0.1) is 0 Å². The molecule has 0 aliphatic heterocycles. The van der Waals surface area contributed by atoms with Gasteiger partial charge in [0.25, 0.3) is 0 Å². The Hall–Kier alpha value is -1.06. The second-order valence-corrected chi connectivity index (χ2v) is 7.72. The van der Waals surface area contributed by atoms with E-state index in [4.69, 9.17) is 5.11 Å². The number of hydrogen-bond donors (Lipinski definition) is 2. The molecule has 0 heterocycles. The van der Waals surface area contributed by atoms with E-state index in [0.717, 1.165) is 51.4 Å². The molecule has 0 aromatic rings. The van der Waals surface area contributed by atoms with Crippen LogP contribution < -0.4 is 0 Å². The molecular weight excluding hydrogens is 316 g/mol. The van der Waals surface area contributed by atoms with Gasteiger partial charge in [0.05, 0.1) is 5.41 Å². The quantitative estimate of drug-likeness (QED) is 0.348. The average Bonchev–Trinajstić information content (AvgIpc) is 2.59. The van der Waals surface area contributed by atoms with Crippen LogP contribution in [0, 0.1) is 17.3 Å². The molecule has 0 amide bonds. The molecule has 0 spiro atoms. The van der Waals surface area contributed by atoms with Gasteiger partial charge in [-0.2, -0.15) is 0 Å². The van der Waals surface area contributed by atoms with Crippen molar-refractivity contribution in [2.24, 2.45) is 17.3 Å². The molecule has 4 nitrogen and oxygen atoms in total. The van der Waals surface area contributed by atoms with Crippen LogP contribution in [-0.4, -0.2) is 22.2 Å². The van der Waals surface area contributed by atoms with E-state index in [1.807, 2.05) is 0 Å². The topological polar surface area (TPSA) is 74.6 Å². The number of hydrogen-bond acceptors (Lipinski definition) is 2. The highest BCUT2D eigenvalue weighted by Gasteiger charge is 2.41. The third kappa shape index (κ3) is 9.27. The van der Waals surface area contributed by atoms with Gasteiger partial charge in [0.1, 0.15) is 0 Å². The van der Waals surface area contributed by atoms with Gasteiger partial charge in [0.15, 0.2) is 0 Å². The van der Waals surface area contributed by atoms with Gasteiger partial charge in [-0.05, 0) is 31.1 Å². The Bertz CT molecular complexity index is 360. The Morgan fingerprint density at radius 1 is 0.840 bits per heavy atom. The van der Waals surface area contributed by atoms with E-state index in [1.165, 1.54) is 0 Å². The zero-order valence-corrected chi connectivity index (χ0v) is 16.9. The summed E-state index contributed by atoms with van der Waals surface area (Å²) in [4.78, 5) is 23.4. The minimum absolute atomic E-state index is 0.0548. The molecule has 0 saturated heterocycles. The summed E-state index contributed by atoms with van der Waals surface area (Å²) in [6.07, 6.45) is 9.90. The molecule has 0 bridgehead atoms. The predicted octanol–water partition coefficient (Wildman–Crippen LogP) is 6.14. The highest BCUT2D eigenvalue weighted by atomic mass is 16.4. The molecule has 0 rings (SSSR count). The Morgan fingerprint density at radius 2 is 1.28 bits per heavy atom. The Morgan fingerprint density at radius 3 is 1.56 bits per heavy atom. The molecule has 0 saturated carbocycles. The molecule has 0 aromatic carbocycles. The van der Waals surface area contributed by atoms with Crippen molar-refractivity contribution in [2.75, 3.05) is 0 Å². The first-order valence-corrected chi connectivity index (χ1v) is 10.3. The maximum Gasteiger partial charge on any atom is 0.309 e. The van der Waals surface area contributed by atoms with Crippen molar-refractivity contribution in [1.82, 2.24) is 0 Å². The molecule has 2 atom stereocenters. The Balaban J connectivity index is 5.38. The predicted molar refractivity (Wildman–Crippen MR) is 103 cm³/mol. The SMILES string of the molecule is CCCCC(CC)CC(CCC(=O)O)(CC(CC)CCCC)C(=O)O. The average molecular weight is 357 g/mol. The van der Waals surface area contributed by atoms with Crippen LogP contribution >= 0.6 is 0 Å². The molecule has 25 heavy (non-hydrogen) atoms. The minimum Gasteiger partial charge on any atom is -0.481 e. The maximum absolute atomic E-state index is 12.3. The van der Waals surface area contributed by atoms with E-state index in [1.54, 1.807) is 0 Å². The van der Waals surface area contributed by atoms with E-state index in [-0.39, 0.29) is 12.8 Å². The molecule has 148 valence electrons. The van der Waals surface area contributed by atoms with Gasteiger partial charge in [0.2, 0.25) is 0 Å². The fourth-order valence-corrected chi connectivity index (χ4v) is 3.91. The monoisotopic (exact) mass is 356 g/mol. The van der Waals surface area contributed by atoms with Gasteiger partial charge in [-0.3, -0.25) is 9.59 Å². The first kappa shape index (κ1) is 23.9. The lowest BCUT2D eigenvalue weighted by molar-refractivity contribution is -0.153. The lowest BCUT2D eigenvalue weighted by Crippen LogP contribution is -2.36. The first-order valence-electron chi connectivity index (χ1n) is 10.3. The highest BCUT2D eigenvalue weighted by molar-refractivity contribution is 5.76. The van der Waals surface area contributed by atoms with Crippen LogP contribution in [0.25, 0.3) is 0 Å². The molecule has 0 fully saturated rings. The Labute approximate surface area is 154 Å². The second kappa shape index (κ2) is 13.2. The van der Waals surface area contributed by atoms with Gasteiger partial charge < -0.3 is 10.2 Å². The molecule has 0 aliphatic rings. The van der Waals surface area contributed by atoms with Crippen molar-refractivity contribution in [2.45, 2.75) is 105 Å². The Kier molecular flexibility index (Phi) is 12.6. The summed E-state index contributed by atoms with van der Waals surface area (Å²) in [6, 6.07) is 0. The van der Waals surface area contributed by atoms with Gasteiger partial charge >= 0.3 is 11.9 Å². The summed E-state index contributed by atoms with van der Waals surface area (Å²) >= 11 is 0. The van der Waals surface area contributed by atoms with Crippen molar-refractivity contribution in [3.05, 3.63) is 0 Å². The van der Waals surface area contributed by atoms with Gasteiger partial charge in [0, 0.05) is 6.42 Å². The fraction of sp³-hybridized carbons (Fsp3) is 0.905. The van der Waals surface area contributed by atoms with Crippen LogP contribution in [0.15, 0.2) is 0 Å². The summed E-state index contributed by atoms with van der Waals surface area (Å²) < 4.78 is 0. The molecule has 2 unspecified atom stereocenters. The number of unbranched alkanes of at least 4 members (excludes halogenated alkanes) is 2. The first-order chi connectivity index (χ1) is 11.8. The summed E-state index contributed by atoms with van der Waals surface area (Å²) in [5.41, 5.74) is -0.888. The number of rotatable bonds is 16. The standard InChI is InChI=1S/C21H40O4/c1-5-9-11-17(7-3)15-21(20(24)25,14-13-19(22)23)16-18(8-4)12-10-6-2/h17-18H,5-16H2,1-4H3,(H,22,23)(H,24,25). The van der Waals surface area contributed by atoms with Crippen molar-refractivity contribution in [3.63, 3.8) is 0 Å². The lowest BCUT2D eigenvalue weighted by atomic mass is 9.68. The molecule has 0 aromatic heterocycles. The highest BCUT2D eigenvalue weighted by Crippen LogP contribution is 2.42. The number of aliphatic carboxylic acids is 2. The van der Waals surface area contributed by atoms with E-state index in [9.17, 15) is 14.7 Å². The van der Waals surface area contributed by atoms with E-state index >= 15 is 0 Å². The third-order valence-corrected chi connectivity index (χ3v) is 5.72. The normalized spacial score (nSPS) is 16.2. The van der Waals surface area contributed by atoms with Crippen LogP contribution in [0.2, 0.25) is 0 Å². The van der Waals surface area contributed by atoms with Crippen molar-refractivity contribution in [3.8, 4) is 0 Å². The molecule has 4 heteroatoms. The van der Waals surface area contributed by atoms with Crippen LogP contribution in [0.4, 0.5) is 0 Å². The summed E-state index contributed by atoms with van der Waals surface area (Å²) in [5.74, 6) is -0.950. The van der Waals surface area contributed by atoms with Crippen molar-refractivity contribution in [1.29, 1.82) is 0 Å². The lowest BCUT2D eigenvalue weighted by Gasteiger charge is -2.35. The number of carboxylic acids is 2. The van der Waals surface area contributed by atoms with Crippen molar-refractivity contribution >= 4 is 11.9 Å². The number of carbonyl (C=O) groups is 2. The summed E-state index contributed by atoms with van der Waals surface area (Å²) in [6.45, 7) is 8.55. The second-order valence-electron chi connectivity index (χ2n) is 7.72.